The van der Waals surface area contributed by atoms with Crippen LogP contribution in [0, 0.1) is 0 Å². The van der Waals surface area contributed by atoms with Crippen LogP contribution in [0.15, 0.2) is 52.9 Å². The number of hydrogen-bond donors (Lipinski definition) is 1. The molecule has 5 heteroatoms. The first-order valence-corrected chi connectivity index (χ1v) is 7.41. The summed E-state index contributed by atoms with van der Waals surface area (Å²) < 4.78 is 1.52. The van der Waals surface area contributed by atoms with E-state index in [4.69, 9.17) is 0 Å². The highest BCUT2D eigenvalue weighted by Crippen LogP contribution is 2.19. The second-order valence-corrected chi connectivity index (χ2v) is 5.04. The van der Waals surface area contributed by atoms with Gasteiger partial charge in [0.2, 0.25) is 5.88 Å². The van der Waals surface area contributed by atoms with Gasteiger partial charge in [0.1, 0.15) is 0 Å². The lowest BCUT2D eigenvalue weighted by molar-refractivity contribution is 0.428. The number of benzene rings is 1. The largest absolute Gasteiger partial charge is 0.493 e. The summed E-state index contributed by atoms with van der Waals surface area (Å²) in [6.07, 6.45) is 3.83. The third-order valence-corrected chi connectivity index (χ3v) is 3.60. The van der Waals surface area contributed by atoms with Gasteiger partial charge in [-0.15, -0.1) is 6.58 Å². The van der Waals surface area contributed by atoms with Gasteiger partial charge in [0.15, 0.2) is 5.16 Å². The van der Waals surface area contributed by atoms with E-state index in [1.165, 1.54) is 16.3 Å². The summed E-state index contributed by atoms with van der Waals surface area (Å²) in [5.41, 5.74) is 1.06. The summed E-state index contributed by atoms with van der Waals surface area (Å²) in [6.45, 7) is 4.03. The average molecular weight is 288 g/mol. The molecule has 0 radical (unpaired) electrons. The van der Waals surface area contributed by atoms with Gasteiger partial charge < -0.3 is 5.11 Å². The van der Waals surface area contributed by atoms with Crippen molar-refractivity contribution in [2.75, 3.05) is 6.26 Å². The molecule has 0 bridgehead atoms. The quantitative estimate of drug-likeness (QED) is 0.521. The summed E-state index contributed by atoms with van der Waals surface area (Å²) >= 11 is 1.32. The Morgan fingerprint density at radius 1 is 1.40 bits per heavy atom. The molecule has 0 saturated carbocycles. The highest BCUT2D eigenvalue weighted by atomic mass is 32.2. The summed E-state index contributed by atoms with van der Waals surface area (Å²) in [7, 11) is 0. The fourth-order valence-corrected chi connectivity index (χ4v) is 2.52. The van der Waals surface area contributed by atoms with Crippen molar-refractivity contribution in [2.45, 2.75) is 18.1 Å². The van der Waals surface area contributed by atoms with E-state index in [9.17, 15) is 9.90 Å². The molecule has 0 aliphatic rings. The van der Waals surface area contributed by atoms with Crippen molar-refractivity contribution >= 4 is 11.8 Å². The minimum Gasteiger partial charge on any atom is -0.493 e. The van der Waals surface area contributed by atoms with Crippen LogP contribution in [0.5, 0.6) is 5.88 Å². The first-order chi connectivity index (χ1) is 9.67. The van der Waals surface area contributed by atoms with Crippen molar-refractivity contribution in [3.05, 3.63) is 64.5 Å². The fourth-order valence-electron chi connectivity index (χ4n) is 1.96. The second kappa shape index (κ2) is 6.43. The molecule has 0 unspecified atom stereocenters. The Morgan fingerprint density at radius 2 is 2.10 bits per heavy atom. The topological polar surface area (TPSA) is 55.1 Å². The molecule has 1 heterocycles. The molecular formula is C15H16N2O2S. The molecular weight excluding hydrogens is 272 g/mol. The highest BCUT2D eigenvalue weighted by Gasteiger charge is 2.15. The highest BCUT2D eigenvalue weighted by molar-refractivity contribution is 7.98. The molecule has 1 aromatic heterocycles. The molecule has 0 aliphatic carbocycles. The van der Waals surface area contributed by atoms with E-state index < -0.39 is 0 Å². The third-order valence-electron chi connectivity index (χ3n) is 2.92. The van der Waals surface area contributed by atoms with Crippen molar-refractivity contribution < 1.29 is 5.11 Å². The van der Waals surface area contributed by atoms with E-state index in [2.05, 4.69) is 11.6 Å². The average Bonchev–Trinajstić information content (AvgIpc) is 2.47. The Kier molecular flexibility index (Phi) is 4.63. The molecule has 104 valence electrons. The SMILES string of the molecule is C=CCn1c(SC)nc(O)c(Cc2ccccc2)c1=O. The van der Waals surface area contributed by atoms with Crippen LogP contribution in [0.3, 0.4) is 0 Å². The van der Waals surface area contributed by atoms with Crippen molar-refractivity contribution in [3.8, 4) is 5.88 Å². The van der Waals surface area contributed by atoms with E-state index in [1.807, 2.05) is 36.6 Å². The van der Waals surface area contributed by atoms with Gasteiger partial charge in [0, 0.05) is 13.0 Å². The van der Waals surface area contributed by atoms with E-state index in [1.54, 1.807) is 6.08 Å². The Balaban J connectivity index is 2.50. The molecule has 1 aromatic carbocycles. The number of hydrogen-bond acceptors (Lipinski definition) is 4. The van der Waals surface area contributed by atoms with Crippen molar-refractivity contribution in [2.24, 2.45) is 0 Å². The first kappa shape index (κ1) is 14.4. The standard InChI is InChI=1S/C15H16N2O2S/c1-3-9-17-14(19)12(13(18)16-15(17)20-2)10-11-7-5-4-6-8-11/h3-8,18H,1,9-10H2,2H3. The molecule has 4 nitrogen and oxygen atoms in total. The predicted molar refractivity (Wildman–Crippen MR) is 81.4 cm³/mol. The molecule has 0 fully saturated rings. The van der Waals surface area contributed by atoms with E-state index >= 15 is 0 Å². The van der Waals surface area contributed by atoms with Gasteiger partial charge >= 0.3 is 0 Å². The van der Waals surface area contributed by atoms with Crippen LogP contribution in [0.1, 0.15) is 11.1 Å². The van der Waals surface area contributed by atoms with E-state index in [-0.39, 0.29) is 11.4 Å². The van der Waals surface area contributed by atoms with Crippen LogP contribution < -0.4 is 5.56 Å². The van der Waals surface area contributed by atoms with Crippen LogP contribution in [0.2, 0.25) is 0 Å². The van der Waals surface area contributed by atoms with E-state index in [0.717, 1.165) is 5.56 Å². The second-order valence-electron chi connectivity index (χ2n) is 4.27. The smallest absolute Gasteiger partial charge is 0.261 e. The number of rotatable bonds is 5. The molecule has 2 rings (SSSR count). The van der Waals surface area contributed by atoms with Gasteiger partial charge in [-0.1, -0.05) is 48.2 Å². The predicted octanol–water partition coefficient (Wildman–Crippen LogP) is 2.45. The zero-order chi connectivity index (χ0) is 14.5. The Morgan fingerprint density at radius 3 is 2.70 bits per heavy atom. The van der Waals surface area contributed by atoms with E-state index in [0.29, 0.717) is 23.7 Å². The van der Waals surface area contributed by atoms with Gasteiger partial charge in [0.05, 0.1) is 5.56 Å². The summed E-state index contributed by atoms with van der Waals surface area (Å²) in [4.78, 5) is 16.6. The number of nitrogens with zero attached hydrogens (tertiary/aromatic N) is 2. The fraction of sp³-hybridized carbons (Fsp3) is 0.200. The van der Waals surface area contributed by atoms with Crippen LogP contribution in [-0.4, -0.2) is 20.9 Å². The maximum atomic E-state index is 12.5. The zero-order valence-electron chi connectivity index (χ0n) is 11.2. The summed E-state index contributed by atoms with van der Waals surface area (Å²) in [5, 5.41) is 10.5. The first-order valence-electron chi connectivity index (χ1n) is 6.19. The normalized spacial score (nSPS) is 10.4. The molecule has 0 spiro atoms. The number of aromatic hydroxyl groups is 1. The van der Waals surface area contributed by atoms with Crippen LogP contribution in [0.25, 0.3) is 0 Å². The maximum Gasteiger partial charge on any atom is 0.261 e. The van der Waals surface area contributed by atoms with Gasteiger partial charge in [-0.05, 0) is 11.8 Å². The molecule has 0 amide bonds. The van der Waals surface area contributed by atoms with Crippen LogP contribution in [0.4, 0.5) is 0 Å². The molecule has 2 aromatic rings. The monoisotopic (exact) mass is 288 g/mol. The minimum absolute atomic E-state index is 0.191. The van der Waals surface area contributed by atoms with Gasteiger partial charge in [-0.2, -0.15) is 4.98 Å². The van der Waals surface area contributed by atoms with Crippen LogP contribution >= 0.6 is 11.8 Å². The lowest BCUT2D eigenvalue weighted by Crippen LogP contribution is -2.26. The van der Waals surface area contributed by atoms with Gasteiger partial charge in [0.25, 0.3) is 5.56 Å². The summed E-state index contributed by atoms with van der Waals surface area (Å²) in [5.74, 6) is -0.191. The Bertz CT molecular complexity index is 666. The van der Waals surface area contributed by atoms with Crippen molar-refractivity contribution in [1.82, 2.24) is 9.55 Å². The number of allylic oxidation sites excluding steroid dienone is 1. The summed E-state index contributed by atoms with van der Waals surface area (Å²) in [6, 6.07) is 9.55. The molecule has 1 N–H and O–H groups in total. The number of thioether (sulfide) groups is 1. The van der Waals surface area contributed by atoms with Gasteiger partial charge in [-0.25, -0.2) is 0 Å². The minimum atomic E-state index is -0.217. The van der Waals surface area contributed by atoms with Crippen molar-refractivity contribution in [1.29, 1.82) is 0 Å². The maximum absolute atomic E-state index is 12.5. The molecule has 20 heavy (non-hydrogen) atoms. The molecule has 0 aliphatic heterocycles. The van der Waals surface area contributed by atoms with Crippen molar-refractivity contribution in [3.63, 3.8) is 0 Å². The third kappa shape index (κ3) is 2.93. The lowest BCUT2D eigenvalue weighted by atomic mass is 10.1. The van der Waals surface area contributed by atoms with Crippen LogP contribution in [-0.2, 0) is 13.0 Å². The Labute approximate surface area is 121 Å². The molecule has 0 atom stereocenters. The lowest BCUT2D eigenvalue weighted by Gasteiger charge is -2.11. The van der Waals surface area contributed by atoms with Gasteiger partial charge in [-0.3, -0.25) is 9.36 Å². The number of aromatic nitrogens is 2. The Hall–Kier alpha value is -2.01. The molecule has 0 saturated heterocycles. The zero-order valence-corrected chi connectivity index (χ0v) is 12.1.